The van der Waals surface area contributed by atoms with Gasteiger partial charge in [0, 0.05) is 38.7 Å². The first-order chi connectivity index (χ1) is 9.60. The maximum atomic E-state index is 9.81. The number of hydrogen-bond acceptors (Lipinski definition) is 5. The second kappa shape index (κ2) is 6.39. The average molecular weight is 278 g/mol. The van der Waals surface area contributed by atoms with E-state index in [0.717, 1.165) is 50.4 Å². The summed E-state index contributed by atoms with van der Waals surface area (Å²) < 4.78 is 0. The van der Waals surface area contributed by atoms with Gasteiger partial charge in [0.05, 0.1) is 6.61 Å². The zero-order chi connectivity index (χ0) is 14.6. The van der Waals surface area contributed by atoms with E-state index in [9.17, 15) is 5.11 Å². The van der Waals surface area contributed by atoms with Crippen molar-refractivity contribution in [3.8, 4) is 0 Å². The van der Waals surface area contributed by atoms with Crippen LogP contribution in [0.3, 0.4) is 0 Å². The standard InChI is InChI=1S/C15H26N4O/c1-4-6-15(11-20)7-5-8-19(10-15)14-9-13(18(2)3)16-12-17-14/h9,12,20H,4-8,10-11H2,1-3H3. The van der Waals surface area contributed by atoms with Crippen molar-refractivity contribution in [1.29, 1.82) is 0 Å². The maximum absolute atomic E-state index is 9.81. The molecule has 5 nitrogen and oxygen atoms in total. The molecule has 0 bridgehead atoms. The first-order valence-corrected chi connectivity index (χ1v) is 7.45. The maximum Gasteiger partial charge on any atom is 0.134 e. The molecule has 1 aromatic rings. The molecule has 0 spiro atoms. The fourth-order valence-electron chi connectivity index (χ4n) is 3.10. The highest BCUT2D eigenvalue weighted by atomic mass is 16.3. The van der Waals surface area contributed by atoms with Gasteiger partial charge in [0.25, 0.3) is 0 Å². The molecule has 1 aromatic heterocycles. The zero-order valence-electron chi connectivity index (χ0n) is 12.8. The molecule has 1 atom stereocenters. The lowest BCUT2D eigenvalue weighted by atomic mass is 9.77. The third-order valence-corrected chi connectivity index (χ3v) is 4.20. The Morgan fingerprint density at radius 3 is 2.85 bits per heavy atom. The Bertz CT molecular complexity index is 434. The molecule has 1 N–H and O–H groups in total. The molecular formula is C15H26N4O. The van der Waals surface area contributed by atoms with Gasteiger partial charge in [-0.05, 0) is 19.3 Å². The average Bonchev–Trinajstić information content (AvgIpc) is 2.48. The number of aromatic nitrogens is 2. The van der Waals surface area contributed by atoms with E-state index in [1.807, 2.05) is 25.1 Å². The van der Waals surface area contributed by atoms with Crippen LogP contribution in [0.5, 0.6) is 0 Å². The predicted molar refractivity (Wildman–Crippen MR) is 82.2 cm³/mol. The number of rotatable bonds is 5. The number of nitrogens with zero attached hydrogens (tertiary/aromatic N) is 4. The van der Waals surface area contributed by atoms with Gasteiger partial charge in [-0.15, -0.1) is 0 Å². The SMILES string of the molecule is CCCC1(CO)CCCN(c2cc(N(C)C)ncn2)C1. The summed E-state index contributed by atoms with van der Waals surface area (Å²) in [5.74, 6) is 1.89. The van der Waals surface area contributed by atoms with Crippen molar-refractivity contribution >= 4 is 11.6 Å². The summed E-state index contributed by atoms with van der Waals surface area (Å²) in [5, 5.41) is 9.81. The van der Waals surface area contributed by atoms with E-state index in [1.165, 1.54) is 0 Å². The minimum Gasteiger partial charge on any atom is -0.396 e. The number of anilines is 2. The van der Waals surface area contributed by atoms with Gasteiger partial charge in [-0.3, -0.25) is 0 Å². The quantitative estimate of drug-likeness (QED) is 0.892. The van der Waals surface area contributed by atoms with Crippen molar-refractivity contribution in [2.45, 2.75) is 32.6 Å². The summed E-state index contributed by atoms with van der Waals surface area (Å²) in [6, 6.07) is 2.03. The van der Waals surface area contributed by atoms with Crippen LogP contribution in [0.25, 0.3) is 0 Å². The van der Waals surface area contributed by atoms with Crippen LogP contribution in [0, 0.1) is 5.41 Å². The van der Waals surface area contributed by atoms with Gasteiger partial charge >= 0.3 is 0 Å². The molecule has 0 radical (unpaired) electrons. The summed E-state index contributed by atoms with van der Waals surface area (Å²) in [5.41, 5.74) is 0.0379. The van der Waals surface area contributed by atoms with Crippen LogP contribution in [0.15, 0.2) is 12.4 Å². The third kappa shape index (κ3) is 3.20. The molecule has 0 aromatic carbocycles. The van der Waals surface area contributed by atoms with E-state index < -0.39 is 0 Å². The molecule has 1 saturated heterocycles. The highest BCUT2D eigenvalue weighted by molar-refractivity contribution is 5.49. The number of aliphatic hydroxyl groups excluding tert-OH is 1. The molecule has 2 rings (SSSR count). The van der Waals surface area contributed by atoms with Crippen molar-refractivity contribution in [1.82, 2.24) is 9.97 Å². The van der Waals surface area contributed by atoms with Crippen LogP contribution >= 0.6 is 0 Å². The topological polar surface area (TPSA) is 52.5 Å². The Kier molecular flexibility index (Phi) is 4.81. The van der Waals surface area contributed by atoms with Crippen molar-refractivity contribution in [2.24, 2.45) is 5.41 Å². The zero-order valence-corrected chi connectivity index (χ0v) is 12.8. The molecular weight excluding hydrogens is 252 g/mol. The summed E-state index contributed by atoms with van der Waals surface area (Å²) in [4.78, 5) is 13.0. The van der Waals surface area contributed by atoms with Crippen LogP contribution in [0.1, 0.15) is 32.6 Å². The lowest BCUT2D eigenvalue weighted by Gasteiger charge is -2.42. The van der Waals surface area contributed by atoms with Crippen LogP contribution in [0.4, 0.5) is 11.6 Å². The molecule has 20 heavy (non-hydrogen) atoms. The van der Waals surface area contributed by atoms with Crippen LogP contribution in [-0.4, -0.2) is 48.9 Å². The van der Waals surface area contributed by atoms with E-state index in [0.29, 0.717) is 0 Å². The molecule has 1 aliphatic rings. The monoisotopic (exact) mass is 278 g/mol. The Hall–Kier alpha value is -1.36. The molecule has 112 valence electrons. The van der Waals surface area contributed by atoms with Gasteiger partial charge < -0.3 is 14.9 Å². The van der Waals surface area contributed by atoms with E-state index >= 15 is 0 Å². The van der Waals surface area contributed by atoms with Crippen LogP contribution < -0.4 is 9.80 Å². The van der Waals surface area contributed by atoms with Gasteiger partial charge in [-0.25, -0.2) is 9.97 Å². The smallest absolute Gasteiger partial charge is 0.134 e. The van der Waals surface area contributed by atoms with Gasteiger partial charge in [0.1, 0.15) is 18.0 Å². The van der Waals surface area contributed by atoms with Crippen molar-refractivity contribution in [3.05, 3.63) is 12.4 Å². The van der Waals surface area contributed by atoms with Crippen molar-refractivity contribution in [2.75, 3.05) is 43.6 Å². The second-order valence-electron chi connectivity index (χ2n) is 6.06. The van der Waals surface area contributed by atoms with Crippen LogP contribution in [0.2, 0.25) is 0 Å². The summed E-state index contributed by atoms with van der Waals surface area (Å²) in [6.07, 6.45) is 6.04. The first kappa shape index (κ1) is 15.0. The summed E-state index contributed by atoms with van der Waals surface area (Å²) in [7, 11) is 3.97. The molecule has 0 aliphatic carbocycles. The molecule has 1 unspecified atom stereocenters. The highest BCUT2D eigenvalue weighted by Gasteiger charge is 2.34. The van der Waals surface area contributed by atoms with E-state index in [1.54, 1.807) is 6.33 Å². The van der Waals surface area contributed by atoms with Gasteiger partial charge in [-0.1, -0.05) is 13.3 Å². The Labute approximate surface area is 121 Å². The summed E-state index contributed by atoms with van der Waals surface area (Å²) in [6.45, 7) is 4.35. The molecule has 1 aliphatic heterocycles. The number of hydrogen-bond donors (Lipinski definition) is 1. The molecule has 0 amide bonds. The minimum atomic E-state index is 0.0379. The minimum absolute atomic E-state index is 0.0379. The highest BCUT2D eigenvalue weighted by Crippen LogP contribution is 2.35. The second-order valence-corrected chi connectivity index (χ2v) is 6.06. The van der Waals surface area contributed by atoms with Crippen molar-refractivity contribution < 1.29 is 5.11 Å². The number of aliphatic hydroxyl groups is 1. The fraction of sp³-hybridized carbons (Fsp3) is 0.733. The van der Waals surface area contributed by atoms with Crippen molar-refractivity contribution in [3.63, 3.8) is 0 Å². The molecule has 2 heterocycles. The third-order valence-electron chi connectivity index (χ3n) is 4.20. The first-order valence-electron chi connectivity index (χ1n) is 7.45. The number of piperidine rings is 1. The molecule has 1 fully saturated rings. The van der Waals surface area contributed by atoms with Gasteiger partial charge in [0.2, 0.25) is 0 Å². The Balaban J connectivity index is 2.18. The lowest BCUT2D eigenvalue weighted by molar-refractivity contribution is 0.0952. The van der Waals surface area contributed by atoms with E-state index in [-0.39, 0.29) is 12.0 Å². The van der Waals surface area contributed by atoms with Gasteiger partial charge in [-0.2, -0.15) is 0 Å². The fourth-order valence-corrected chi connectivity index (χ4v) is 3.10. The largest absolute Gasteiger partial charge is 0.396 e. The Morgan fingerprint density at radius 1 is 1.40 bits per heavy atom. The normalized spacial score (nSPS) is 22.9. The van der Waals surface area contributed by atoms with E-state index in [2.05, 4.69) is 21.8 Å². The predicted octanol–water partition coefficient (Wildman–Crippen LogP) is 1.92. The van der Waals surface area contributed by atoms with E-state index in [4.69, 9.17) is 0 Å². The summed E-state index contributed by atoms with van der Waals surface area (Å²) >= 11 is 0. The molecule has 5 heteroatoms. The lowest BCUT2D eigenvalue weighted by Crippen LogP contribution is -2.45. The van der Waals surface area contributed by atoms with Gasteiger partial charge in [0.15, 0.2) is 0 Å². The van der Waals surface area contributed by atoms with Crippen LogP contribution in [-0.2, 0) is 0 Å². The Morgan fingerprint density at radius 2 is 2.20 bits per heavy atom. The molecule has 0 saturated carbocycles.